The Kier molecular flexibility index (Phi) is 6.08. The summed E-state index contributed by atoms with van der Waals surface area (Å²) in [5.41, 5.74) is 3.92. The van der Waals surface area contributed by atoms with Gasteiger partial charge in [0.15, 0.2) is 11.0 Å². The number of hydrogen-bond donors (Lipinski definition) is 0. The van der Waals surface area contributed by atoms with Crippen molar-refractivity contribution in [3.8, 4) is 22.8 Å². The van der Waals surface area contributed by atoms with E-state index in [9.17, 15) is 4.79 Å². The molecule has 3 heterocycles. The molecule has 0 atom stereocenters. The molecule has 0 saturated carbocycles. The van der Waals surface area contributed by atoms with Crippen LogP contribution in [0.4, 0.5) is 0 Å². The second-order valence-electron chi connectivity index (χ2n) is 7.66. The molecule has 0 aliphatic carbocycles. The lowest BCUT2D eigenvalue weighted by Gasteiger charge is -2.11. The van der Waals surface area contributed by atoms with Gasteiger partial charge in [-0.25, -0.2) is 4.98 Å². The smallest absolute Gasteiger partial charge is 0.258 e. The van der Waals surface area contributed by atoms with Crippen molar-refractivity contribution in [2.24, 2.45) is 0 Å². The minimum atomic E-state index is -0.111. The van der Waals surface area contributed by atoms with Gasteiger partial charge in [-0.15, -0.1) is 10.2 Å². The number of ether oxygens (including phenoxy) is 1. The Bertz CT molecular complexity index is 1550. The third kappa shape index (κ3) is 4.42. The molecular weight excluding hydrogens is 470 g/mol. The molecule has 170 valence electrons. The average molecular weight is 490 g/mol. The standard InChI is InChI=1S/C25H20ClN5O2S/c1-16-6-11-22-27-19(13-23(32)30(22)14-16)15-34-25-29-28-24(17-4-3-5-21(12-17)33-2)31(25)20-9-7-18(26)8-10-20/h3-14H,15H2,1-2H3. The van der Waals surface area contributed by atoms with Crippen molar-refractivity contribution in [2.45, 2.75) is 17.8 Å². The molecule has 9 heteroatoms. The van der Waals surface area contributed by atoms with Gasteiger partial charge in [0, 0.05) is 34.3 Å². The first-order chi connectivity index (χ1) is 16.5. The SMILES string of the molecule is COc1cccc(-c2nnc(SCc3cc(=O)n4cc(C)ccc4n3)n2-c2ccc(Cl)cc2)c1. The van der Waals surface area contributed by atoms with Gasteiger partial charge >= 0.3 is 0 Å². The highest BCUT2D eigenvalue weighted by Crippen LogP contribution is 2.31. The maximum absolute atomic E-state index is 12.6. The van der Waals surface area contributed by atoms with E-state index in [1.165, 1.54) is 11.8 Å². The van der Waals surface area contributed by atoms with Crippen LogP contribution in [0.25, 0.3) is 22.7 Å². The van der Waals surface area contributed by atoms with Gasteiger partial charge in [-0.2, -0.15) is 0 Å². The monoisotopic (exact) mass is 489 g/mol. The lowest BCUT2D eigenvalue weighted by atomic mass is 10.2. The zero-order valence-corrected chi connectivity index (χ0v) is 20.0. The number of pyridine rings is 1. The Balaban J connectivity index is 1.53. The maximum atomic E-state index is 12.6. The van der Waals surface area contributed by atoms with E-state index >= 15 is 0 Å². The Hall–Kier alpha value is -3.62. The Morgan fingerprint density at radius 3 is 2.65 bits per heavy atom. The normalized spacial score (nSPS) is 11.1. The fourth-order valence-corrected chi connectivity index (χ4v) is 4.58. The number of fused-ring (bicyclic) bond motifs is 1. The first kappa shape index (κ1) is 22.2. The molecule has 0 amide bonds. The van der Waals surface area contributed by atoms with Crippen LogP contribution in [-0.4, -0.2) is 31.3 Å². The van der Waals surface area contributed by atoms with E-state index in [2.05, 4.69) is 15.2 Å². The summed E-state index contributed by atoms with van der Waals surface area (Å²) in [4.78, 5) is 17.2. The van der Waals surface area contributed by atoms with E-state index in [0.717, 1.165) is 22.6 Å². The lowest BCUT2D eigenvalue weighted by molar-refractivity contribution is 0.415. The Labute approximate surface area is 205 Å². The van der Waals surface area contributed by atoms with Crippen molar-refractivity contribution < 1.29 is 4.74 Å². The number of hydrogen-bond acceptors (Lipinski definition) is 6. The van der Waals surface area contributed by atoms with Crippen LogP contribution in [0, 0.1) is 6.92 Å². The molecule has 0 unspecified atom stereocenters. The van der Waals surface area contributed by atoms with E-state index in [-0.39, 0.29) is 5.56 Å². The van der Waals surface area contributed by atoms with E-state index in [4.69, 9.17) is 16.3 Å². The quantitative estimate of drug-likeness (QED) is 0.305. The summed E-state index contributed by atoms with van der Waals surface area (Å²) >= 11 is 7.58. The number of aromatic nitrogens is 5. The second kappa shape index (κ2) is 9.32. The zero-order valence-electron chi connectivity index (χ0n) is 18.5. The first-order valence-corrected chi connectivity index (χ1v) is 11.9. The van der Waals surface area contributed by atoms with Crippen molar-refractivity contribution >= 4 is 29.0 Å². The van der Waals surface area contributed by atoms with Crippen LogP contribution in [0.5, 0.6) is 5.75 Å². The summed E-state index contributed by atoms with van der Waals surface area (Å²) < 4.78 is 8.90. The maximum Gasteiger partial charge on any atom is 0.258 e. The molecule has 0 bridgehead atoms. The molecule has 5 aromatic rings. The van der Waals surface area contributed by atoms with Gasteiger partial charge in [0.2, 0.25) is 0 Å². The lowest BCUT2D eigenvalue weighted by Crippen LogP contribution is -2.15. The van der Waals surface area contributed by atoms with Crippen LogP contribution in [0.3, 0.4) is 0 Å². The fourth-order valence-electron chi connectivity index (χ4n) is 3.61. The predicted octanol–water partition coefficient (Wildman–Crippen LogP) is 5.20. The van der Waals surface area contributed by atoms with Gasteiger partial charge in [-0.05, 0) is 55.0 Å². The molecule has 2 aromatic carbocycles. The van der Waals surface area contributed by atoms with Crippen molar-refractivity contribution in [1.29, 1.82) is 0 Å². The Morgan fingerprint density at radius 1 is 1.03 bits per heavy atom. The number of rotatable bonds is 6. The van der Waals surface area contributed by atoms with Crippen molar-refractivity contribution in [3.63, 3.8) is 0 Å². The summed E-state index contributed by atoms with van der Waals surface area (Å²) in [5, 5.41) is 10.2. The van der Waals surface area contributed by atoms with Gasteiger partial charge in [-0.1, -0.05) is 41.6 Å². The van der Waals surface area contributed by atoms with Gasteiger partial charge in [0.25, 0.3) is 5.56 Å². The summed E-state index contributed by atoms with van der Waals surface area (Å²) in [5.74, 6) is 1.86. The molecular formula is C25H20ClN5O2S. The number of aryl methyl sites for hydroxylation is 1. The molecule has 0 spiro atoms. The van der Waals surface area contributed by atoms with Crippen molar-refractivity contribution in [1.82, 2.24) is 24.1 Å². The molecule has 0 aliphatic rings. The number of benzene rings is 2. The summed E-state index contributed by atoms with van der Waals surface area (Å²) in [7, 11) is 1.63. The highest BCUT2D eigenvalue weighted by Gasteiger charge is 2.17. The van der Waals surface area contributed by atoms with E-state index in [1.54, 1.807) is 23.8 Å². The summed E-state index contributed by atoms with van der Waals surface area (Å²) in [6.07, 6.45) is 1.79. The molecule has 0 aliphatic heterocycles. The van der Waals surface area contributed by atoms with Crippen LogP contribution in [0.15, 0.2) is 82.9 Å². The van der Waals surface area contributed by atoms with Crippen LogP contribution < -0.4 is 10.3 Å². The Morgan fingerprint density at radius 2 is 1.85 bits per heavy atom. The molecule has 34 heavy (non-hydrogen) atoms. The largest absolute Gasteiger partial charge is 0.497 e. The van der Waals surface area contributed by atoms with Gasteiger partial charge < -0.3 is 4.74 Å². The molecule has 5 rings (SSSR count). The van der Waals surface area contributed by atoms with Gasteiger partial charge in [0.05, 0.1) is 12.8 Å². The van der Waals surface area contributed by atoms with E-state index in [1.807, 2.05) is 72.2 Å². The van der Waals surface area contributed by atoms with Crippen LogP contribution >= 0.6 is 23.4 Å². The van der Waals surface area contributed by atoms with Crippen LogP contribution in [0.2, 0.25) is 5.02 Å². The van der Waals surface area contributed by atoms with Crippen LogP contribution in [-0.2, 0) is 5.75 Å². The number of methoxy groups -OCH3 is 1. The highest BCUT2D eigenvalue weighted by atomic mass is 35.5. The minimum absolute atomic E-state index is 0.111. The summed E-state index contributed by atoms with van der Waals surface area (Å²) in [6.45, 7) is 1.94. The molecule has 3 aromatic heterocycles. The van der Waals surface area contributed by atoms with E-state index in [0.29, 0.717) is 33.1 Å². The third-order valence-electron chi connectivity index (χ3n) is 5.26. The minimum Gasteiger partial charge on any atom is -0.497 e. The number of nitrogens with zero attached hydrogens (tertiary/aromatic N) is 5. The predicted molar refractivity (Wildman–Crippen MR) is 134 cm³/mol. The number of halogens is 1. The second-order valence-corrected chi connectivity index (χ2v) is 9.04. The van der Waals surface area contributed by atoms with Crippen molar-refractivity contribution in [2.75, 3.05) is 7.11 Å². The average Bonchev–Trinajstić information content (AvgIpc) is 3.28. The fraction of sp³-hybridized carbons (Fsp3) is 0.120. The van der Waals surface area contributed by atoms with Gasteiger partial charge in [-0.3, -0.25) is 13.8 Å². The molecule has 0 N–H and O–H groups in total. The van der Waals surface area contributed by atoms with E-state index < -0.39 is 0 Å². The first-order valence-electron chi connectivity index (χ1n) is 10.5. The molecule has 0 fully saturated rings. The molecule has 7 nitrogen and oxygen atoms in total. The topological polar surface area (TPSA) is 74.3 Å². The van der Waals surface area contributed by atoms with Crippen molar-refractivity contribution in [3.05, 3.63) is 99.6 Å². The summed E-state index contributed by atoms with van der Waals surface area (Å²) in [6, 6.07) is 20.5. The number of thioether (sulfide) groups is 1. The van der Waals surface area contributed by atoms with Crippen LogP contribution in [0.1, 0.15) is 11.3 Å². The zero-order chi connectivity index (χ0) is 23.7. The third-order valence-corrected chi connectivity index (χ3v) is 6.47. The molecule has 0 radical (unpaired) electrons. The van der Waals surface area contributed by atoms with Gasteiger partial charge in [0.1, 0.15) is 11.4 Å². The highest BCUT2D eigenvalue weighted by molar-refractivity contribution is 7.98. The molecule has 0 saturated heterocycles.